The molecular formula is C14H18FNO2. The lowest BCUT2D eigenvalue weighted by Crippen LogP contribution is -2.42. The van der Waals surface area contributed by atoms with Crippen molar-refractivity contribution in [2.45, 2.75) is 32.4 Å². The number of rotatable bonds is 5. The zero-order valence-electron chi connectivity index (χ0n) is 10.7. The zero-order valence-corrected chi connectivity index (χ0v) is 10.7. The third kappa shape index (κ3) is 2.47. The van der Waals surface area contributed by atoms with Gasteiger partial charge in [0.05, 0.1) is 7.11 Å². The minimum absolute atomic E-state index is 0.223. The Hall–Kier alpha value is -1.58. The first-order valence-electron chi connectivity index (χ1n) is 6.18. The van der Waals surface area contributed by atoms with Gasteiger partial charge in [-0.05, 0) is 24.8 Å². The van der Waals surface area contributed by atoms with Crippen LogP contribution in [-0.2, 0) is 11.3 Å². The van der Waals surface area contributed by atoms with Gasteiger partial charge in [-0.2, -0.15) is 0 Å². The maximum absolute atomic E-state index is 14.0. The predicted molar refractivity (Wildman–Crippen MR) is 66.7 cm³/mol. The summed E-state index contributed by atoms with van der Waals surface area (Å²) in [5, 5.41) is 0. The summed E-state index contributed by atoms with van der Waals surface area (Å²) in [4.78, 5) is 12.8. The van der Waals surface area contributed by atoms with E-state index in [1.54, 1.807) is 23.1 Å². The van der Waals surface area contributed by atoms with E-state index in [2.05, 4.69) is 6.92 Å². The fourth-order valence-electron chi connectivity index (χ4n) is 2.42. The van der Waals surface area contributed by atoms with Crippen LogP contribution in [0.25, 0.3) is 0 Å². The first-order chi connectivity index (χ1) is 8.65. The van der Waals surface area contributed by atoms with E-state index in [0.717, 1.165) is 19.3 Å². The molecule has 1 aliphatic rings. The topological polar surface area (TPSA) is 29.5 Å². The third-order valence-corrected chi connectivity index (χ3v) is 3.57. The molecule has 4 heteroatoms. The summed E-state index contributed by atoms with van der Waals surface area (Å²) in [5.41, 5.74) is 0.501. The number of halogens is 1. The fraction of sp³-hybridized carbons (Fsp3) is 0.500. The highest BCUT2D eigenvalue weighted by atomic mass is 19.1. The van der Waals surface area contributed by atoms with E-state index in [4.69, 9.17) is 4.74 Å². The van der Waals surface area contributed by atoms with E-state index in [9.17, 15) is 9.18 Å². The van der Waals surface area contributed by atoms with Crippen molar-refractivity contribution in [3.8, 4) is 5.75 Å². The second kappa shape index (κ2) is 5.38. The van der Waals surface area contributed by atoms with Gasteiger partial charge in [-0.15, -0.1) is 0 Å². The molecule has 0 bridgehead atoms. The lowest BCUT2D eigenvalue weighted by Gasteiger charge is -2.39. The Kier molecular flexibility index (Phi) is 3.84. The molecule has 0 saturated heterocycles. The quantitative estimate of drug-likeness (QED) is 0.753. The Morgan fingerprint density at radius 1 is 1.50 bits per heavy atom. The molecule has 1 fully saturated rings. The van der Waals surface area contributed by atoms with Crippen LogP contribution in [0, 0.1) is 11.7 Å². The second-order valence-corrected chi connectivity index (χ2v) is 4.94. The van der Waals surface area contributed by atoms with Gasteiger partial charge in [0.2, 0.25) is 6.41 Å². The van der Waals surface area contributed by atoms with E-state index < -0.39 is 0 Å². The highest BCUT2D eigenvalue weighted by Gasteiger charge is 2.30. The fourth-order valence-corrected chi connectivity index (χ4v) is 2.42. The van der Waals surface area contributed by atoms with Crippen LogP contribution in [0.4, 0.5) is 4.39 Å². The highest BCUT2D eigenvalue weighted by molar-refractivity contribution is 5.49. The lowest BCUT2D eigenvalue weighted by molar-refractivity contribution is -0.123. The Labute approximate surface area is 107 Å². The van der Waals surface area contributed by atoms with Gasteiger partial charge < -0.3 is 9.64 Å². The number of carbonyl (C=O) groups excluding carboxylic acids is 1. The molecule has 0 heterocycles. The normalized spacial score (nSPS) is 22.2. The average Bonchev–Trinajstić information content (AvgIpc) is 2.34. The van der Waals surface area contributed by atoms with Crippen molar-refractivity contribution in [2.24, 2.45) is 5.92 Å². The second-order valence-electron chi connectivity index (χ2n) is 4.94. The van der Waals surface area contributed by atoms with Crippen molar-refractivity contribution < 1.29 is 13.9 Å². The number of nitrogens with zero attached hydrogens (tertiary/aromatic N) is 1. The van der Waals surface area contributed by atoms with Gasteiger partial charge in [0.25, 0.3) is 0 Å². The van der Waals surface area contributed by atoms with Crippen LogP contribution in [0.15, 0.2) is 18.2 Å². The molecular weight excluding hydrogens is 233 g/mol. The average molecular weight is 251 g/mol. The molecule has 0 atom stereocenters. The molecule has 0 N–H and O–H groups in total. The van der Waals surface area contributed by atoms with Gasteiger partial charge in [0.15, 0.2) is 11.6 Å². The SMILES string of the molecule is COc1cccc(CN(C=O)C2CC(C)C2)c1F. The van der Waals surface area contributed by atoms with Gasteiger partial charge in [0.1, 0.15) is 0 Å². The van der Waals surface area contributed by atoms with Gasteiger partial charge in [-0.1, -0.05) is 19.1 Å². The van der Waals surface area contributed by atoms with Gasteiger partial charge in [0, 0.05) is 18.2 Å². The summed E-state index contributed by atoms with van der Waals surface area (Å²) in [7, 11) is 1.44. The van der Waals surface area contributed by atoms with Crippen LogP contribution >= 0.6 is 0 Å². The standard InChI is InChI=1S/C14H18FNO2/c1-10-6-12(7-10)16(9-17)8-11-4-3-5-13(18-2)14(11)15/h3-5,9-10,12H,6-8H2,1-2H3. The van der Waals surface area contributed by atoms with Crippen molar-refractivity contribution >= 4 is 6.41 Å². The van der Waals surface area contributed by atoms with Crippen LogP contribution in [-0.4, -0.2) is 24.5 Å². The van der Waals surface area contributed by atoms with Crippen molar-refractivity contribution in [3.63, 3.8) is 0 Å². The van der Waals surface area contributed by atoms with Crippen molar-refractivity contribution in [1.82, 2.24) is 4.90 Å². The van der Waals surface area contributed by atoms with E-state index in [1.807, 2.05) is 0 Å². The first-order valence-corrected chi connectivity index (χ1v) is 6.18. The Morgan fingerprint density at radius 2 is 2.22 bits per heavy atom. The third-order valence-electron chi connectivity index (χ3n) is 3.57. The molecule has 0 aromatic heterocycles. The van der Waals surface area contributed by atoms with Crippen LogP contribution < -0.4 is 4.74 Å². The number of carbonyl (C=O) groups is 1. The molecule has 98 valence electrons. The minimum Gasteiger partial charge on any atom is -0.494 e. The minimum atomic E-state index is -0.376. The Bertz CT molecular complexity index is 430. The summed E-state index contributed by atoms with van der Waals surface area (Å²) < 4.78 is 18.9. The van der Waals surface area contributed by atoms with E-state index in [-0.39, 0.29) is 17.6 Å². The maximum Gasteiger partial charge on any atom is 0.210 e. The van der Waals surface area contributed by atoms with Gasteiger partial charge >= 0.3 is 0 Å². The molecule has 0 radical (unpaired) electrons. The van der Waals surface area contributed by atoms with E-state index in [1.165, 1.54) is 7.11 Å². The summed E-state index contributed by atoms with van der Waals surface area (Å²) in [6.45, 7) is 2.47. The van der Waals surface area contributed by atoms with Crippen LogP contribution in [0.2, 0.25) is 0 Å². The summed E-state index contributed by atoms with van der Waals surface area (Å²) in [5.74, 6) is 0.507. The number of methoxy groups -OCH3 is 1. The van der Waals surface area contributed by atoms with Crippen LogP contribution in [0.5, 0.6) is 5.75 Å². The van der Waals surface area contributed by atoms with E-state index in [0.29, 0.717) is 18.0 Å². The largest absolute Gasteiger partial charge is 0.494 e. The maximum atomic E-state index is 14.0. The summed E-state index contributed by atoms with van der Waals surface area (Å²) in [6.07, 6.45) is 2.82. The molecule has 1 amide bonds. The van der Waals surface area contributed by atoms with Crippen LogP contribution in [0.3, 0.4) is 0 Å². The summed E-state index contributed by atoms with van der Waals surface area (Å²) >= 11 is 0. The zero-order chi connectivity index (χ0) is 13.1. The number of ether oxygens (including phenoxy) is 1. The lowest BCUT2D eigenvalue weighted by atomic mass is 9.81. The molecule has 3 nitrogen and oxygen atoms in total. The number of hydrogen-bond donors (Lipinski definition) is 0. The smallest absolute Gasteiger partial charge is 0.210 e. The summed E-state index contributed by atoms with van der Waals surface area (Å²) in [6, 6.07) is 5.26. The number of amides is 1. The molecule has 2 rings (SSSR count). The van der Waals surface area contributed by atoms with Crippen molar-refractivity contribution in [3.05, 3.63) is 29.6 Å². The molecule has 1 aliphatic carbocycles. The first kappa shape index (κ1) is 12.9. The Balaban J connectivity index is 2.10. The highest BCUT2D eigenvalue weighted by Crippen LogP contribution is 2.32. The van der Waals surface area contributed by atoms with Crippen molar-refractivity contribution in [1.29, 1.82) is 0 Å². The molecule has 1 saturated carbocycles. The van der Waals surface area contributed by atoms with E-state index >= 15 is 0 Å². The van der Waals surface area contributed by atoms with Gasteiger partial charge in [-0.25, -0.2) is 4.39 Å². The molecule has 0 spiro atoms. The van der Waals surface area contributed by atoms with Crippen LogP contribution in [0.1, 0.15) is 25.3 Å². The molecule has 18 heavy (non-hydrogen) atoms. The monoisotopic (exact) mass is 251 g/mol. The number of hydrogen-bond acceptors (Lipinski definition) is 2. The molecule has 0 aliphatic heterocycles. The molecule has 0 unspecified atom stereocenters. The number of benzene rings is 1. The predicted octanol–water partition coefficient (Wildman–Crippen LogP) is 2.59. The molecule has 1 aromatic carbocycles. The molecule has 1 aromatic rings. The van der Waals surface area contributed by atoms with Gasteiger partial charge in [-0.3, -0.25) is 4.79 Å². The Morgan fingerprint density at radius 3 is 2.78 bits per heavy atom. The van der Waals surface area contributed by atoms with Crippen molar-refractivity contribution in [2.75, 3.05) is 7.11 Å².